The maximum Gasteiger partial charge on any atom is 0.279 e. The molecule has 1 unspecified atom stereocenters. The molecule has 0 radical (unpaired) electrons. The van der Waals surface area contributed by atoms with Crippen molar-refractivity contribution in [3.63, 3.8) is 0 Å². The third kappa shape index (κ3) is 5.05. The van der Waals surface area contributed by atoms with E-state index in [2.05, 4.69) is 25.9 Å². The number of hydrogen-bond acceptors (Lipinski definition) is 4. The molecule has 0 aliphatic carbocycles. The average molecular weight is 476 g/mol. The lowest BCUT2D eigenvalue weighted by Gasteiger charge is -2.19. The van der Waals surface area contributed by atoms with Crippen LogP contribution in [0.1, 0.15) is 31.9 Å². The Hall–Kier alpha value is -3.42. The molecule has 1 heterocycles. The topological polar surface area (TPSA) is 75.0 Å². The van der Waals surface area contributed by atoms with Crippen molar-refractivity contribution in [2.45, 2.75) is 31.9 Å². The van der Waals surface area contributed by atoms with Crippen molar-refractivity contribution in [2.24, 2.45) is 0 Å². The lowest BCUT2D eigenvalue weighted by atomic mass is 9.87. The summed E-state index contributed by atoms with van der Waals surface area (Å²) in [6, 6.07) is 20.4. The number of hydrogen-bond donors (Lipinski definition) is 0. The largest absolute Gasteiger partial charge is 0.772 e. The number of nitrogens with zero attached hydrogens (tertiary/aromatic N) is 2. The van der Waals surface area contributed by atoms with Gasteiger partial charge in [0.2, 0.25) is 0 Å². The maximum atomic E-state index is 13.7. The summed E-state index contributed by atoms with van der Waals surface area (Å²) in [5, 5.41) is 4.42. The maximum absolute atomic E-state index is 13.7. The summed E-state index contributed by atoms with van der Waals surface area (Å²) in [6.07, 6.45) is 1.61. The van der Waals surface area contributed by atoms with Crippen LogP contribution in [0.4, 0.5) is 4.39 Å². The Morgan fingerprint density at radius 2 is 1.50 bits per heavy atom. The van der Waals surface area contributed by atoms with Crippen LogP contribution in [0, 0.1) is 5.82 Å². The highest BCUT2D eigenvalue weighted by Gasteiger charge is 2.18. The summed E-state index contributed by atoms with van der Waals surface area (Å²) >= 11 is -2.19. The van der Waals surface area contributed by atoms with Gasteiger partial charge in [-0.25, -0.2) is 4.39 Å². The zero-order chi connectivity index (χ0) is 24.5. The van der Waals surface area contributed by atoms with E-state index in [1.807, 2.05) is 24.3 Å². The van der Waals surface area contributed by atoms with Gasteiger partial charge in [0.1, 0.15) is 5.82 Å². The van der Waals surface area contributed by atoms with Crippen molar-refractivity contribution < 1.29 is 13.2 Å². The molecule has 0 amide bonds. The second-order valence-corrected chi connectivity index (χ2v) is 10.00. The molecule has 7 heteroatoms. The first-order valence-electron chi connectivity index (χ1n) is 10.8. The van der Waals surface area contributed by atoms with Crippen LogP contribution in [0.15, 0.2) is 83.8 Å². The molecule has 0 aliphatic heterocycles. The van der Waals surface area contributed by atoms with Gasteiger partial charge in [-0.15, -0.1) is 0 Å². The molecule has 1 aromatic heterocycles. The highest BCUT2D eigenvalue weighted by atomic mass is 32.2. The van der Waals surface area contributed by atoms with Crippen LogP contribution in [0.5, 0.6) is 0 Å². The Morgan fingerprint density at radius 3 is 2.06 bits per heavy atom. The van der Waals surface area contributed by atoms with E-state index in [0.29, 0.717) is 33.5 Å². The van der Waals surface area contributed by atoms with Crippen molar-refractivity contribution in [3.05, 3.63) is 106 Å². The molecule has 0 N–H and O–H groups in total. The van der Waals surface area contributed by atoms with Crippen LogP contribution in [0.3, 0.4) is 0 Å². The third-order valence-electron chi connectivity index (χ3n) is 5.64. The molecule has 4 aromatic rings. The monoisotopic (exact) mass is 475 g/mol. The summed E-state index contributed by atoms with van der Waals surface area (Å²) in [4.78, 5) is 13.7. The van der Waals surface area contributed by atoms with E-state index in [-0.39, 0.29) is 16.7 Å². The Morgan fingerprint density at radius 1 is 0.912 bits per heavy atom. The first kappa shape index (κ1) is 23.7. The molecule has 0 bridgehead atoms. The molecule has 0 spiro atoms. The minimum absolute atomic E-state index is 0.0229. The molecule has 3 aromatic carbocycles. The molecule has 0 saturated carbocycles. The predicted octanol–water partition coefficient (Wildman–Crippen LogP) is 5.38. The fraction of sp³-hybridized carbons (Fsp3) is 0.185. The van der Waals surface area contributed by atoms with Gasteiger partial charge in [0.15, 0.2) is 0 Å². The van der Waals surface area contributed by atoms with Crippen molar-refractivity contribution in [2.75, 3.05) is 0 Å². The van der Waals surface area contributed by atoms with Crippen LogP contribution in [-0.2, 0) is 22.2 Å². The molecule has 5 nitrogen and oxygen atoms in total. The summed E-state index contributed by atoms with van der Waals surface area (Å²) in [7, 11) is 0. The van der Waals surface area contributed by atoms with Crippen LogP contribution in [0.25, 0.3) is 27.9 Å². The van der Waals surface area contributed by atoms with Crippen LogP contribution in [-0.4, -0.2) is 18.5 Å². The second kappa shape index (κ2) is 9.44. The number of benzene rings is 3. The van der Waals surface area contributed by atoms with Gasteiger partial charge in [-0.05, 0) is 51.9 Å². The summed E-state index contributed by atoms with van der Waals surface area (Å²) in [6.45, 7) is 6.36. The molecule has 4 rings (SSSR count). The lowest BCUT2D eigenvalue weighted by molar-refractivity contribution is 0.536. The smallest absolute Gasteiger partial charge is 0.279 e. The molecule has 0 saturated heterocycles. The highest BCUT2D eigenvalue weighted by Crippen LogP contribution is 2.30. The Kier molecular flexibility index (Phi) is 6.59. The third-order valence-corrected chi connectivity index (χ3v) is 6.21. The van der Waals surface area contributed by atoms with Gasteiger partial charge in [-0.1, -0.05) is 80.4 Å². The Balaban J connectivity index is 1.86. The first-order valence-corrected chi connectivity index (χ1v) is 12.0. The second-order valence-electron chi connectivity index (χ2n) is 9.10. The molecule has 34 heavy (non-hydrogen) atoms. The standard InChI is InChI=1S/C27H25FN2O3S/c1-27(2,3)21-10-14-23(15-11-21)30-26(31)25(20-8-12-22(28)13-9-20)24(16-29-30)19-6-4-18(5-7-19)17-34(32)33/h4-16H,17H2,1-3H3,(H,32,33)/p-1. The van der Waals surface area contributed by atoms with Gasteiger partial charge < -0.3 is 4.55 Å². The molecule has 0 aliphatic rings. The molecule has 1 atom stereocenters. The van der Waals surface area contributed by atoms with E-state index >= 15 is 0 Å². The minimum atomic E-state index is -2.19. The Bertz CT molecular complexity index is 1390. The van der Waals surface area contributed by atoms with Gasteiger partial charge >= 0.3 is 0 Å². The van der Waals surface area contributed by atoms with E-state index in [9.17, 15) is 17.9 Å². The van der Waals surface area contributed by atoms with Crippen molar-refractivity contribution in [3.8, 4) is 27.9 Å². The van der Waals surface area contributed by atoms with Gasteiger partial charge in [-0.3, -0.25) is 9.00 Å². The predicted molar refractivity (Wildman–Crippen MR) is 132 cm³/mol. The summed E-state index contributed by atoms with van der Waals surface area (Å²) in [5.41, 5.74) is 4.28. The fourth-order valence-corrected chi connectivity index (χ4v) is 4.24. The van der Waals surface area contributed by atoms with Crippen LogP contribution < -0.4 is 5.56 Å². The van der Waals surface area contributed by atoms with Crippen LogP contribution >= 0.6 is 0 Å². The minimum Gasteiger partial charge on any atom is -0.772 e. The molecular weight excluding hydrogens is 451 g/mol. The van der Waals surface area contributed by atoms with Crippen molar-refractivity contribution >= 4 is 11.1 Å². The van der Waals surface area contributed by atoms with E-state index in [1.54, 1.807) is 42.6 Å². The fourth-order valence-electron chi connectivity index (χ4n) is 3.77. The molecule has 0 fully saturated rings. The van der Waals surface area contributed by atoms with Crippen molar-refractivity contribution in [1.29, 1.82) is 0 Å². The number of halogens is 1. The summed E-state index contributed by atoms with van der Waals surface area (Å²) in [5.74, 6) is -0.484. The first-order chi connectivity index (χ1) is 16.1. The number of rotatable bonds is 5. The molecular formula is C27H24FN2O3S-. The zero-order valence-electron chi connectivity index (χ0n) is 19.1. The SMILES string of the molecule is CC(C)(C)c1ccc(-n2ncc(-c3ccc(CS(=O)[O-])cc3)c(-c3ccc(F)cc3)c2=O)cc1. The lowest BCUT2D eigenvalue weighted by Crippen LogP contribution is -2.23. The van der Waals surface area contributed by atoms with E-state index in [4.69, 9.17) is 0 Å². The average Bonchev–Trinajstić information content (AvgIpc) is 2.79. The van der Waals surface area contributed by atoms with E-state index < -0.39 is 16.9 Å². The molecule has 174 valence electrons. The number of aromatic nitrogens is 2. The highest BCUT2D eigenvalue weighted by molar-refractivity contribution is 7.78. The van der Waals surface area contributed by atoms with Crippen LogP contribution in [0.2, 0.25) is 0 Å². The van der Waals surface area contributed by atoms with Gasteiger partial charge in [0, 0.05) is 11.3 Å². The Labute approximate surface area is 200 Å². The van der Waals surface area contributed by atoms with Crippen molar-refractivity contribution in [1.82, 2.24) is 9.78 Å². The quantitative estimate of drug-likeness (QED) is 0.363. The van der Waals surface area contributed by atoms with E-state index in [1.165, 1.54) is 16.8 Å². The van der Waals surface area contributed by atoms with Gasteiger partial charge in [-0.2, -0.15) is 9.78 Å². The van der Waals surface area contributed by atoms with Gasteiger partial charge in [0.25, 0.3) is 5.56 Å². The van der Waals surface area contributed by atoms with E-state index in [0.717, 1.165) is 5.56 Å². The normalized spacial score (nSPS) is 12.5. The van der Waals surface area contributed by atoms with Gasteiger partial charge in [0.05, 0.1) is 17.4 Å². The summed E-state index contributed by atoms with van der Waals surface area (Å²) < 4.78 is 36.9. The zero-order valence-corrected chi connectivity index (χ0v) is 19.9.